The van der Waals surface area contributed by atoms with E-state index in [0.717, 1.165) is 50.3 Å². The van der Waals surface area contributed by atoms with Gasteiger partial charge in [0.2, 0.25) is 5.91 Å². The van der Waals surface area contributed by atoms with Crippen LogP contribution in [-0.2, 0) is 11.3 Å². The smallest absolute Gasteiger partial charge is 0.272 e. The fraction of sp³-hybridized carbons (Fsp3) is 0.632. The van der Waals surface area contributed by atoms with Gasteiger partial charge in [-0.3, -0.25) is 19.6 Å². The van der Waals surface area contributed by atoms with Crippen LogP contribution in [0.1, 0.15) is 49.9 Å². The first-order chi connectivity index (χ1) is 12.6. The van der Waals surface area contributed by atoms with E-state index in [1.165, 1.54) is 17.4 Å². The Kier molecular flexibility index (Phi) is 4.80. The molecule has 2 aromatic rings. The SMILES string of the molecule is Cc1cc2nc(CN3CCCC[C@H]3CCN3CCCC3=O)cc(=O)n2[nH]1. The maximum Gasteiger partial charge on any atom is 0.272 e. The molecule has 140 valence electrons. The second-order valence-corrected chi connectivity index (χ2v) is 7.61. The first kappa shape index (κ1) is 17.3. The number of aromatic nitrogens is 3. The van der Waals surface area contributed by atoms with Gasteiger partial charge in [0.15, 0.2) is 5.65 Å². The highest BCUT2D eigenvalue weighted by Crippen LogP contribution is 2.23. The van der Waals surface area contributed by atoms with Crippen LogP contribution in [0.5, 0.6) is 0 Å². The number of aromatic amines is 1. The number of amides is 1. The van der Waals surface area contributed by atoms with Crippen molar-refractivity contribution >= 4 is 11.6 Å². The molecule has 26 heavy (non-hydrogen) atoms. The number of aryl methyl sites for hydroxylation is 1. The van der Waals surface area contributed by atoms with Crippen molar-refractivity contribution in [3.05, 3.63) is 33.9 Å². The van der Waals surface area contributed by atoms with Gasteiger partial charge in [0.1, 0.15) is 0 Å². The van der Waals surface area contributed by atoms with E-state index in [-0.39, 0.29) is 5.56 Å². The number of rotatable bonds is 5. The van der Waals surface area contributed by atoms with Gasteiger partial charge in [0.25, 0.3) is 5.56 Å². The maximum absolute atomic E-state index is 12.3. The van der Waals surface area contributed by atoms with Crippen molar-refractivity contribution in [2.45, 2.75) is 58.0 Å². The van der Waals surface area contributed by atoms with Gasteiger partial charge in [0.05, 0.1) is 5.69 Å². The van der Waals surface area contributed by atoms with Gasteiger partial charge in [-0.1, -0.05) is 6.42 Å². The zero-order chi connectivity index (χ0) is 18.1. The van der Waals surface area contributed by atoms with Crippen molar-refractivity contribution in [1.82, 2.24) is 24.4 Å². The Morgan fingerprint density at radius 1 is 1.19 bits per heavy atom. The molecule has 0 spiro atoms. The fourth-order valence-electron chi connectivity index (χ4n) is 4.29. The third-order valence-corrected chi connectivity index (χ3v) is 5.65. The number of piperidine rings is 1. The van der Waals surface area contributed by atoms with E-state index >= 15 is 0 Å². The van der Waals surface area contributed by atoms with Crippen molar-refractivity contribution in [1.29, 1.82) is 0 Å². The number of likely N-dealkylation sites (tertiary alicyclic amines) is 2. The Bertz CT molecular complexity index is 855. The Morgan fingerprint density at radius 2 is 2.08 bits per heavy atom. The van der Waals surface area contributed by atoms with E-state index in [1.54, 1.807) is 6.07 Å². The van der Waals surface area contributed by atoms with Gasteiger partial charge in [-0.2, -0.15) is 0 Å². The van der Waals surface area contributed by atoms with Crippen LogP contribution < -0.4 is 5.56 Å². The summed E-state index contributed by atoms with van der Waals surface area (Å²) in [5.41, 5.74) is 2.38. The summed E-state index contributed by atoms with van der Waals surface area (Å²) in [7, 11) is 0. The number of nitrogens with zero attached hydrogens (tertiary/aromatic N) is 4. The lowest BCUT2D eigenvalue weighted by atomic mass is 9.99. The van der Waals surface area contributed by atoms with E-state index in [9.17, 15) is 9.59 Å². The average Bonchev–Trinajstić information content (AvgIpc) is 3.19. The Morgan fingerprint density at radius 3 is 2.88 bits per heavy atom. The largest absolute Gasteiger partial charge is 0.343 e. The normalized spacial score (nSPS) is 21.8. The summed E-state index contributed by atoms with van der Waals surface area (Å²) >= 11 is 0. The van der Waals surface area contributed by atoms with Gasteiger partial charge in [-0.25, -0.2) is 9.50 Å². The molecule has 2 aliphatic rings. The number of fused-ring (bicyclic) bond motifs is 1. The van der Waals surface area contributed by atoms with E-state index < -0.39 is 0 Å². The van der Waals surface area contributed by atoms with E-state index in [0.29, 0.717) is 30.6 Å². The number of hydrogen-bond donors (Lipinski definition) is 1. The van der Waals surface area contributed by atoms with Crippen molar-refractivity contribution in [3.8, 4) is 0 Å². The molecular weight excluding hydrogens is 330 g/mol. The molecule has 4 rings (SSSR count). The van der Waals surface area contributed by atoms with Crippen molar-refractivity contribution in [2.24, 2.45) is 0 Å². The van der Waals surface area contributed by atoms with Gasteiger partial charge in [-0.05, 0) is 39.2 Å². The minimum absolute atomic E-state index is 0.0608. The minimum Gasteiger partial charge on any atom is -0.343 e. The number of carbonyl (C=O) groups excluding carboxylic acids is 1. The van der Waals surface area contributed by atoms with E-state index in [2.05, 4.69) is 15.0 Å². The van der Waals surface area contributed by atoms with Crippen LogP contribution in [0.15, 0.2) is 16.9 Å². The summed E-state index contributed by atoms with van der Waals surface area (Å²) in [5.74, 6) is 0.301. The van der Waals surface area contributed by atoms with Crippen LogP contribution in [0.25, 0.3) is 5.65 Å². The molecule has 2 fully saturated rings. The second kappa shape index (κ2) is 7.23. The van der Waals surface area contributed by atoms with Gasteiger partial charge in [-0.15, -0.1) is 0 Å². The molecule has 0 unspecified atom stereocenters. The first-order valence-corrected chi connectivity index (χ1v) is 9.70. The third-order valence-electron chi connectivity index (χ3n) is 5.65. The van der Waals surface area contributed by atoms with Crippen LogP contribution in [0.3, 0.4) is 0 Å². The first-order valence-electron chi connectivity index (χ1n) is 9.70. The number of hydrogen-bond acceptors (Lipinski definition) is 4. The molecule has 4 heterocycles. The molecule has 7 nitrogen and oxygen atoms in total. The predicted molar refractivity (Wildman–Crippen MR) is 99.0 cm³/mol. The molecule has 2 aromatic heterocycles. The standard InChI is InChI=1S/C19H27N5O2/c1-14-11-17-20-15(12-19(26)24(17)21-14)13-23-8-3-2-5-16(23)7-10-22-9-4-6-18(22)25/h11-12,16,21H,2-10,13H2,1H3/t16-/m0/s1. The molecule has 2 saturated heterocycles. The molecule has 0 aromatic carbocycles. The summed E-state index contributed by atoms with van der Waals surface area (Å²) in [4.78, 5) is 33.3. The van der Waals surface area contributed by atoms with Crippen LogP contribution in [0, 0.1) is 6.92 Å². The summed E-state index contributed by atoms with van der Waals surface area (Å²) < 4.78 is 1.49. The summed E-state index contributed by atoms with van der Waals surface area (Å²) in [6, 6.07) is 4.00. The summed E-state index contributed by atoms with van der Waals surface area (Å²) in [6.07, 6.45) is 6.29. The molecule has 2 aliphatic heterocycles. The maximum atomic E-state index is 12.3. The highest BCUT2D eigenvalue weighted by molar-refractivity contribution is 5.78. The van der Waals surface area contributed by atoms with Crippen LogP contribution in [0.2, 0.25) is 0 Å². The second-order valence-electron chi connectivity index (χ2n) is 7.61. The van der Waals surface area contributed by atoms with Crippen molar-refractivity contribution in [3.63, 3.8) is 0 Å². The number of carbonyl (C=O) groups is 1. The molecular formula is C19H27N5O2. The lowest BCUT2D eigenvalue weighted by molar-refractivity contribution is -0.127. The van der Waals surface area contributed by atoms with Gasteiger partial charge < -0.3 is 4.90 Å². The highest BCUT2D eigenvalue weighted by Gasteiger charge is 2.26. The molecule has 1 N–H and O–H groups in total. The fourth-order valence-corrected chi connectivity index (χ4v) is 4.29. The third kappa shape index (κ3) is 3.53. The molecule has 0 bridgehead atoms. The quantitative estimate of drug-likeness (QED) is 0.884. The highest BCUT2D eigenvalue weighted by atomic mass is 16.2. The Labute approximate surface area is 153 Å². The summed E-state index contributed by atoms with van der Waals surface area (Å²) in [6.45, 7) is 5.42. The van der Waals surface area contributed by atoms with Gasteiger partial charge in [0, 0.05) is 49.9 Å². The predicted octanol–water partition coefficient (Wildman–Crippen LogP) is 1.70. The van der Waals surface area contributed by atoms with E-state index in [1.807, 2.05) is 17.9 Å². The topological polar surface area (TPSA) is 73.7 Å². The lowest BCUT2D eigenvalue weighted by Crippen LogP contribution is -2.41. The van der Waals surface area contributed by atoms with Crippen molar-refractivity contribution in [2.75, 3.05) is 19.6 Å². The molecule has 0 saturated carbocycles. The van der Waals surface area contributed by atoms with Crippen LogP contribution >= 0.6 is 0 Å². The molecule has 0 aliphatic carbocycles. The molecule has 0 radical (unpaired) electrons. The molecule has 1 amide bonds. The zero-order valence-electron chi connectivity index (χ0n) is 15.4. The van der Waals surface area contributed by atoms with Gasteiger partial charge >= 0.3 is 0 Å². The number of nitrogens with one attached hydrogen (secondary N) is 1. The zero-order valence-corrected chi connectivity index (χ0v) is 15.4. The average molecular weight is 357 g/mol. The monoisotopic (exact) mass is 357 g/mol. The van der Waals surface area contributed by atoms with Crippen LogP contribution in [0.4, 0.5) is 0 Å². The number of H-pyrrole nitrogens is 1. The lowest BCUT2D eigenvalue weighted by Gasteiger charge is -2.36. The Hall–Kier alpha value is -2.15. The Balaban J connectivity index is 1.46. The molecule has 1 atom stereocenters. The molecule has 7 heteroatoms. The van der Waals surface area contributed by atoms with E-state index in [4.69, 9.17) is 0 Å². The van der Waals surface area contributed by atoms with Crippen LogP contribution in [-0.4, -0.2) is 56.0 Å². The van der Waals surface area contributed by atoms with Crippen molar-refractivity contribution < 1.29 is 4.79 Å². The summed E-state index contributed by atoms with van der Waals surface area (Å²) in [5, 5.41) is 3.01. The minimum atomic E-state index is -0.0608.